The summed E-state index contributed by atoms with van der Waals surface area (Å²) in [6.45, 7) is 0. The van der Waals surface area contributed by atoms with Gasteiger partial charge in [0, 0.05) is 25.0 Å². The zero-order valence-corrected chi connectivity index (χ0v) is 7.84. The number of nitrogens with one attached hydrogen (secondary N) is 1. The molecular formula is C9H10N4O2. The van der Waals surface area contributed by atoms with Crippen LogP contribution in [0, 0.1) is 0 Å². The van der Waals surface area contributed by atoms with E-state index >= 15 is 0 Å². The van der Waals surface area contributed by atoms with Crippen LogP contribution in [0.25, 0.3) is 11.2 Å². The number of carbonyl (C=O) groups is 1. The summed E-state index contributed by atoms with van der Waals surface area (Å²) >= 11 is 0. The van der Waals surface area contributed by atoms with Crippen LogP contribution in [0.5, 0.6) is 0 Å². The predicted molar refractivity (Wildman–Crippen MR) is 53.2 cm³/mol. The lowest BCUT2D eigenvalue weighted by Gasteiger charge is -2.03. The number of hydrogen-bond acceptors (Lipinski definition) is 4. The number of aliphatic carboxylic acids is 1. The van der Waals surface area contributed by atoms with Crippen LogP contribution in [0.4, 0.5) is 0 Å². The molecule has 0 unspecified atom stereocenters. The highest BCUT2D eigenvalue weighted by atomic mass is 16.4. The first-order chi connectivity index (χ1) is 7.18. The summed E-state index contributed by atoms with van der Waals surface area (Å²) in [5, 5.41) is 8.68. The van der Waals surface area contributed by atoms with Gasteiger partial charge in [0.25, 0.3) is 0 Å². The molecule has 0 aliphatic carbocycles. The van der Waals surface area contributed by atoms with Gasteiger partial charge in [0.1, 0.15) is 11.6 Å². The predicted octanol–water partition coefficient (Wildman–Crippen LogP) is -0.0877. The summed E-state index contributed by atoms with van der Waals surface area (Å²) in [6.07, 6.45) is 5.06. The van der Waals surface area contributed by atoms with Crippen molar-refractivity contribution in [3.63, 3.8) is 0 Å². The third kappa shape index (κ3) is 1.79. The van der Waals surface area contributed by atoms with Crippen LogP contribution in [0.3, 0.4) is 0 Å². The smallest absolute Gasteiger partial charge is 0.320 e. The molecular weight excluding hydrogens is 196 g/mol. The minimum Gasteiger partial charge on any atom is -0.480 e. The van der Waals surface area contributed by atoms with Gasteiger partial charge < -0.3 is 15.8 Å². The van der Waals surface area contributed by atoms with E-state index in [1.54, 1.807) is 18.6 Å². The van der Waals surface area contributed by atoms with Crippen molar-refractivity contribution in [3.8, 4) is 0 Å². The largest absolute Gasteiger partial charge is 0.480 e. The van der Waals surface area contributed by atoms with Crippen LogP contribution in [0.1, 0.15) is 5.56 Å². The topological polar surface area (TPSA) is 105 Å². The van der Waals surface area contributed by atoms with E-state index < -0.39 is 12.0 Å². The normalized spacial score (nSPS) is 12.9. The van der Waals surface area contributed by atoms with E-state index in [4.69, 9.17) is 10.8 Å². The first-order valence-electron chi connectivity index (χ1n) is 4.44. The van der Waals surface area contributed by atoms with Gasteiger partial charge in [0.05, 0.1) is 0 Å². The Kier molecular flexibility index (Phi) is 2.34. The summed E-state index contributed by atoms with van der Waals surface area (Å²) in [5.74, 6) is -1.02. The molecule has 2 rings (SSSR count). The van der Waals surface area contributed by atoms with E-state index in [0.717, 1.165) is 5.56 Å². The minimum atomic E-state index is -1.02. The SMILES string of the molecule is N[C@H](Cc1c[nH]c2nccnc12)C(=O)O. The second-order valence-electron chi connectivity index (χ2n) is 3.22. The van der Waals surface area contributed by atoms with Crippen molar-refractivity contribution in [1.82, 2.24) is 15.0 Å². The number of aromatic nitrogens is 3. The Labute approximate surface area is 85.2 Å². The average molecular weight is 206 g/mol. The molecule has 0 spiro atoms. The Balaban J connectivity index is 2.32. The Hall–Kier alpha value is -1.95. The molecule has 0 radical (unpaired) electrons. The van der Waals surface area contributed by atoms with Crippen molar-refractivity contribution >= 4 is 17.1 Å². The lowest BCUT2D eigenvalue weighted by atomic mass is 10.1. The van der Waals surface area contributed by atoms with E-state index in [1.807, 2.05) is 0 Å². The Morgan fingerprint density at radius 2 is 2.27 bits per heavy atom. The summed E-state index contributed by atoms with van der Waals surface area (Å²) in [5.41, 5.74) is 7.53. The van der Waals surface area contributed by atoms with Crippen LogP contribution in [-0.4, -0.2) is 32.1 Å². The molecule has 1 atom stereocenters. The Bertz CT molecular complexity index is 494. The van der Waals surface area contributed by atoms with Gasteiger partial charge in [-0.3, -0.25) is 9.78 Å². The molecule has 0 aliphatic heterocycles. The molecule has 4 N–H and O–H groups in total. The third-order valence-electron chi connectivity index (χ3n) is 2.14. The highest BCUT2D eigenvalue weighted by Crippen LogP contribution is 2.14. The number of nitrogens with two attached hydrogens (primary N) is 1. The number of H-pyrrole nitrogens is 1. The Morgan fingerprint density at radius 1 is 1.53 bits per heavy atom. The summed E-state index contributed by atoms with van der Waals surface area (Å²) in [6, 6.07) is -0.911. The number of carboxylic acids is 1. The fourth-order valence-electron chi connectivity index (χ4n) is 1.38. The molecule has 15 heavy (non-hydrogen) atoms. The lowest BCUT2D eigenvalue weighted by molar-refractivity contribution is -0.138. The van der Waals surface area contributed by atoms with Crippen molar-refractivity contribution in [1.29, 1.82) is 0 Å². The first kappa shape index (κ1) is 9.60. The highest BCUT2D eigenvalue weighted by molar-refractivity contribution is 5.78. The molecule has 78 valence electrons. The zero-order valence-electron chi connectivity index (χ0n) is 7.84. The number of carboxylic acid groups (broad SMARTS) is 1. The molecule has 2 aromatic heterocycles. The van der Waals surface area contributed by atoms with E-state index in [1.165, 1.54) is 0 Å². The summed E-state index contributed by atoms with van der Waals surface area (Å²) in [7, 11) is 0. The van der Waals surface area contributed by atoms with Crippen LogP contribution < -0.4 is 5.73 Å². The molecule has 0 aliphatic rings. The molecule has 0 amide bonds. The fourth-order valence-corrected chi connectivity index (χ4v) is 1.38. The van der Waals surface area contributed by atoms with Crippen LogP contribution in [0.15, 0.2) is 18.6 Å². The van der Waals surface area contributed by atoms with Gasteiger partial charge in [-0.15, -0.1) is 0 Å². The van der Waals surface area contributed by atoms with Crippen LogP contribution >= 0.6 is 0 Å². The van der Waals surface area contributed by atoms with Crippen molar-refractivity contribution < 1.29 is 9.90 Å². The number of nitrogens with zero attached hydrogens (tertiary/aromatic N) is 2. The average Bonchev–Trinajstić information content (AvgIpc) is 2.62. The molecule has 2 aromatic rings. The standard InChI is InChI=1S/C9H10N4O2/c10-6(9(14)15)3-5-4-13-8-7(5)11-1-2-12-8/h1-2,4,6H,3,10H2,(H,12,13)(H,14,15)/t6-/m1/s1. The van der Waals surface area contributed by atoms with E-state index in [-0.39, 0.29) is 6.42 Å². The van der Waals surface area contributed by atoms with Gasteiger partial charge in [0.15, 0.2) is 5.65 Å². The number of hydrogen-bond donors (Lipinski definition) is 3. The summed E-state index contributed by atoms with van der Waals surface area (Å²) in [4.78, 5) is 21.7. The van der Waals surface area contributed by atoms with Crippen molar-refractivity contribution in [2.24, 2.45) is 5.73 Å². The lowest BCUT2D eigenvalue weighted by Crippen LogP contribution is -2.32. The third-order valence-corrected chi connectivity index (χ3v) is 2.14. The van der Waals surface area contributed by atoms with Crippen molar-refractivity contribution in [2.75, 3.05) is 0 Å². The molecule has 0 aromatic carbocycles. The second kappa shape index (κ2) is 3.66. The maximum atomic E-state index is 10.6. The van der Waals surface area contributed by atoms with Gasteiger partial charge in [-0.05, 0) is 5.56 Å². The van der Waals surface area contributed by atoms with Gasteiger partial charge in [-0.2, -0.15) is 0 Å². The number of fused-ring (bicyclic) bond motifs is 1. The molecule has 0 fully saturated rings. The van der Waals surface area contributed by atoms with E-state index in [0.29, 0.717) is 11.2 Å². The molecule has 6 heteroatoms. The van der Waals surface area contributed by atoms with Crippen molar-refractivity contribution in [3.05, 3.63) is 24.2 Å². The van der Waals surface area contributed by atoms with Gasteiger partial charge in [-0.1, -0.05) is 0 Å². The number of aromatic amines is 1. The van der Waals surface area contributed by atoms with E-state index in [9.17, 15) is 4.79 Å². The van der Waals surface area contributed by atoms with Crippen LogP contribution in [-0.2, 0) is 11.2 Å². The maximum absolute atomic E-state index is 10.6. The minimum absolute atomic E-state index is 0.244. The monoisotopic (exact) mass is 206 g/mol. The van der Waals surface area contributed by atoms with Crippen LogP contribution in [0.2, 0.25) is 0 Å². The van der Waals surface area contributed by atoms with Gasteiger partial charge in [0.2, 0.25) is 0 Å². The molecule has 0 bridgehead atoms. The molecule has 0 saturated carbocycles. The van der Waals surface area contributed by atoms with Crippen molar-refractivity contribution in [2.45, 2.75) is 12.5 Å². The summed E-state index contributed by atoms with van der Waals surface area (Å²) < 4.78 is 0. The van der Waals surface area contributed by atoms with Gasteiger partial charge >= 0.3 is 5.97 Å². The fraction of sp³-hybridized carbons (Fsp3) is 0.222. The highest BCUT2D eigenvalue weighted by Gasteiger charge is 2.15. The molecule has 0 saturated heterocycles. The van der Waals surface area contributed by atoms with E-state index in [2.05, 4.69) is 15.0 Å². The Morgan fingerprint density at radius 3 is 3.00 bits per heavy atom. The maximum Gasteiger partial charge on any atom is 0.320 e. The molecule has 6 nitrogen and oxygen atoms in total. The quantitative estimate of drug-likeness (QED) is 0.651. The first-order valence-corrected chi connectivity index (χ1v) is 4.44. The zero-order chi connectivity index (χ0) is 10.8. The second-order valence-corrected chi connectivity index (χ2v) is 3.22. The molecule has 2 heterocycles. The van der Waals surface area contributed by atoms with Gasteiger partial charge in [-0.25, -0.2) is 4.98 Å². The number of rotatable bonds is 3.